The van der Waals surface area contributed by atoms with Crippen LogP contribution in [0.3, 0.4) is 0 Å². The van der Waals surface area contributed by atoms with E-state index in [-0.39, 0.29) is 0 Å². The average molecular weight is 186 g/mol. The molecule has 0 aliphatic rings. The maximum Gasteiger partial charge on any atom is 0.0480 e. The Kier molecular flexibility index (Phi) is 5.50. The first-order valence-electron chi connectivity index (χ1n) is 4.73. The van der Waals surface area contributed by atoms with Gasteiger partial charge in [-0.25, -0.2) is 0 Å². The monoisotopic (exact) mass is 186 g/mol. The molecule has 0 aromatic carbocycles. The third kappa shape index (κ3) is 8.02. The Hall–Kier alpha value is -0.0831. The number of hydrogen-bond acceptors (Lipinski definition) is 1. The van der Waals surface area contributed by atoms with Crippen LogP contribution in [0.25, 0.3) is 0 Å². The number of aliphatic hydroxyl groups is 1. The number of aliphatic hydroxyl groups excluding tert-OH is 1. The summed E-state index contributed by atoms with van der Waals surface area (Å²) in [6.45, 7) is 9.56. The van der Waals surface area contributed by atoms with Crippen molar-refractivity contribution in [2.45, 2.75) is 39.0 Å². The van der Waals surface area contributed by atoms with Gasteiger partial charge < -0.3 is 5.11 Å². The van der Waals surface area contributed by atoms with E-state index in [0.29, 0.717) is 12.5 Å². The second kappa shape index (κ2) is 5.54. The number of allylic oxidation sites excluding steroid dienone is 2. The van der Waals surface area contributed by atoms with Gasteiger partial charge in [-0.2, -0.15) is 0 Å². The van der Waals surface area contributed by atoms with Gasteiger partial charge in [0.25, 0.3) is 0 Å². The largest absolute Gasteiger partial charge is 0.396 e. The fourth-order valence-electron chi connectivity index (χ4n) is 0.954. The number of rotatable bonds is 5. The van der Waals surface area contributed by atoms with Crippen molar-refractivity contribution in [3.05, 3.63) is 12.2 Å². The molecule has 0 rings (SSSR count). The fraction of sp³-hybridized carbons (Fsp3) is 0.800. The van der Waals surface area contributed by atoms with Crippen LogP contribution in [0.1, 0.15) is 13.3 Å². The molecule has 0 spiro atoms. The van der Waals surface area contributed by atoms with Gasteiger partial charge >= 0.3 is 0 Å². The normalized spacial score (nSPS) is 15.4. The average Bonchev–Trinajstić information content (AvgIpc) is 1.84. The molecule has 1 atom stereocenters. The quantitative estimate of drug-likeness (QED) is 0.517. The lowest BCUT2D eigenvalue weighted by Gasteiger charge is -2.12. The van der Waals surface area contributed by atoms with Gasteiger partial charge in [0.15, 0.2) is 0 Å². The lowest BCUT2D eigenvalue weighted by Crippen LogP contribution is -2.17. The molecule has 0 saturated heterocycles. The molecule has 0 bridgehead atoms. The van der Waals surface area contributed by atoms with E-state index in [9.17, 15) is 0 Å². The predicted molar refractivity (Wildman–Crippen MR) is 58.2 cm³/mol. The van der Waals surface area contributed by atoms with Crippen molar-refractivity contribution in [3.63, 3.8) is 0 Å². The summed E-state index contributed by atoms with van der Waals surface area (Å²) in [5, 5.41) is 8.67. The molecular formula is C10H22OSi. The summed E-state index contributed by atoms with van der Waals surface area (Å²) in [5.41, 5.74) is 0. The smallest absolute Gasteiger partial charge is 0.0480 e. The molecule has 72 valence electrons. The molecule has 1 N–H and O–H groups in total. The first-order chi connectivity index (χ1) is 5.45. The van der Waals surface area contributed by atoms with Gasteiger partial charge in [-0.05, 0) is 18.4 Å². The summed E-state index contributed by atoms with van der Waals surface area (Å²) < 4.78 is 0. The van der Waals surface area contributed by atoms with Gasteiger partial charge in [-0.1, -0.05) is 38.7 Å². The molecular weight excluding hydrogens is 164 g/mol. The van der Waals surface area contributed by atoms with Crippen molar-refractivity contribution in [1.82, 2.24) is 0 Å². The third-order valence-electron chi connectivity index (χ3n) is 1.78. The summed E-state index contributed by atoms with van der Waals surface area (Å²) in [6, 6.07) is 1.25. The molecule has 0 aliphatic heterocycles. The van der Waals surface area contributed by atoms with Crippen molar-refractivity contribution in [2.75, 3.05) is 6.61 Å². The topological polar surface area (TPSA) is 20.2 Å². The van der Waals surface area contributed by atoms with Crippen LogP contribution in [0, 0.1) is 5.92 Å². The molecule has 0 aliphatic carbocycles. The molecule has 0 aromatic rings. The van der Waals surface area contributed by atoms with Crippen LogP contribution in [0.5, 0.6) is 0 Å². The van der Waals surface area contributed by atoms with E-state index in [1.165, 1.54) is 6.04 Å². The third-order valence-corrected chi connectivity index (χ3v) is 3.24. The van der Waals surface area contributed by atoms with Crippen molar-refractivity contribution in [2.24, 2.45) is 5.92 Å². The van der Waals surface area contributed by atoms with Gasteiger partial charge in [0.05, 0.1) is 0 Å². The van der Waals surface area contributed by atoms with Crippen molar-refractivity contribution < 1.29 is 5.11 Å². The second-order valence-corrected chi connectivity index (χ2v) is 10.2. The summed E-state index contributed by atoms with van der Waals surface area (Å²) in [6.07, 6.45) is 5.41. The Labute approximate surface area is 77.5 Å². The zero-order valence-corrected chi connectivity index (χ0v) is 9.80. The molecule has 0 saturated carbocycles. The Morgan fingerprint density at radius 1 is 1.33 bits per heavy atom. The first kappa shape index (κ1) is 11.9. The van der Waals surface area contributed by atoms with Crippen molar-refractivity contribution >= 4 is 8.07 Å². The summed E-state index contributed by atoms with van der Waals surface area (Å²) in [7, 11) is -0.896. The minimum atomic E-state index is -0.896. The van der Waals surface area contributed by atoms with Gasteiger partial charge in [0, 0.05) is 14.7 Å². The Morgan fingerprint density at radius 2 is 1.92 bits per heavy atom. The first-order valence-corrected chi connectivity index (χ1v) is 8.44. The second-order valence-electron chi connectivity index (χ2n) is 4.68. The maximum absolute atomic E-state index is 8.67. The van der Waals surface area contributed by atoms with Gasteiger partial charge in [-0.3, -0.25) is 0 Å². The van der Waals surface area contributed by atoms with Crippen molar-refractivity contribution in [1.29, 1.82) is 0 Å². The van der Waals surface area contributed by atoms with E-state index in [0.717, 1.165) is 6.42 Å². The van der Waals surface area contributed by atoms with Crippen LogP contribution in [-0.4, -0.2) is 19.8 Å². The van der Waals surface area contributed by atoms with Crippen LogP contribution in [0.2, 0.25) is 25.7 Å². The van der Waals surface area contributed by atoms with E-state index in [4.69, 9.17) is 5.11 Å². The summed E-state index contributed by atoms with van der Waals surface area (Å²) >= 11 is 0. The van der Waals surface area contributed by atoms with E-state index in [1.54, 1.807) is 0 Å². The molecule has 0 radical (unpaired) electrons. The summed E-state index contributed by atoms with van der Waals surface area (Å²) in [4.78, 5) is 0. The van der Waals surface area contributed by atoms with Gasteiger partial charge in [0.1, 0.15) is 0 Å². The van der Waals surface area contributed by atoms with E-state index in [2.05, 4.69) is 38.7 Å². The van der Waals surface area contributed by atoms with E-state index >= 15 is 0 Å². The molecule has 0 fully saturated rings. The lowest BCUT2D eigenvalue weighted by atomic mass is 10.1. The Morgan fingerprint density at radius 3 is 2.33 bits per heavy atom. The molecule has 0 amide bonds. The standard InChI is InChI=1S/C10H22OSi/c1-10(7-8-11)6-5-9-12(2,3)4/h5-6,10-11H,7-9H2,1-4H3/b6-5+. The van der Waals surface area contributed by atoms with Gasteiger partial charge in [0.2, 0.25) is 0 Å². The molecule has 0 heterocycles. The Balaban J connectivity index is 3.61. The highest BCUT2D eigenvalue weighted by Gasteiger charge is 2.09. The zero-order valence-electron chi connectivity index (χ0n) is 8.80. The number of hydrogen-bond donors (Lipinski definition) is 1. The molecule has 1 nitrogen and oxygen atoms in total. The fourth-order valence-corrected chi connectivity index (χ4v) is 1.80. The van der Waals surface area contributed by atoms with E-state index < -0.39 is 8.07 Å². The van der Waals surface area contributed by atoms with Crippen LogP contribution in [0.15, 0.2) is 12.2 Å². The molecule has 0 aromatic heterocycles. The Bertz CT molecular complexity index is 135. The van der Waals surface area contributed by atoms with Crippen LogP contribution < -0.4 is 0 Å². The SMILES string of the molecule is CC(/C=C/C[Si](C)(C)C)CCO. The van der Waals surface area contributed by atoms with E-state index in [1.807, 2.05) is 0 Å². The molecule has 12 heavy (non-hydrogen) atoms. The molecule has 1 unspecified atom stereocenters. The zero-order chi connectivity index (χ0) is 9.61. The minimum absolute atomic E-state index is 0.304. The molecule has 2 heteroatoms. The van der Waals surface area contributed by atoms with Crippen LogP contribution in [-0.2, 0) is 0 Å². The highest BCUT2D eigenvalue weighted by molar-refractivity contribution is 6.76. The minimum Gasteiger partial charge on any atom is -0.396 e. The highest BCUT2D eigenvalue weighted by Crippen LogP contribution is 2.10. The maximum atomic E-state index is 8.67. The highest BCUT2D eigenvalue weighted by atomic mass is 28.3. The lowest BCUT2D eigenvalue weighted by molar-refractivity contribution is 0.274. The summed E-state index contributed by atoms with van der Waals surface area (Å²) in [5.74, 6) is 0.534. The van der Waals surface area contributed by atoms with Crippen molar-refractivity contribution in [3.8, 4) is 0 Å². The van der Waals surface area contributed by atoms with Crippen LogP contribution >= 0.6 is 0 Å². The predicted octanol–water partition coefficient (Wildman–Crippen LogP) is 2.90. The van der Waals surface area contributed by atoms with Crippen LogP contribution in [0.4, 0.5) is 0 Å². The van der Waals surface area contributed by atoms with Gasteiger partial charge in [-0.15, -0.1) is 0 Å².